The van der Waals surface area contributed by atoms with Crippen molar-refractivity contribution in [2.24, 2.45) is 11.8 Å². The number of alkyl halides is 3. The summed E-state index contributed by atoms with van der Waals surface area (Å²) >= 11 is 0. The summed E-state index contributed by atoms with van der Waals surface area (Å²) in [6, 6.07) is -2.51. The van der Waals surface area contributed by atoms with Crippen LogP contribution in [0.5, 0.6) is 0 Å². The fourth-order valence-electron chi connectivity index (χ4n) is 1.93. The lowest BCUT2D eigenvalue weighted by molar-refractivity contribution is -0.560. The number of nitrogens with one attached hydrogen (secondary N) is 1. The molecule has 5 nitrogen and oxygen atoms in total. The summed E-state index contributed by atoms with van der Waals surface area (Å²) in [6.07, 6.45) is -5.16. The van der Waals surface area contributed by atoms with Crippen LogP contribution < -0.4 is 5.32 Å². The van der Waals surface area contributed by atoms with E-state index in [2.05, 4.69) is 5.32 Å². The van der Waals surface area contributed by atoms with E-state index in [1.165, 1.54) is 0 Å². The predicted octanol–water partition coefficient (Wildman–Crippen LogP) is 2.81. The van der Waals surface area contributed by atoms with Crippen molar-refractivity contribution in [2.45, 2.75) is 58.8 Å². The van der Waals surface area contributed by atoms with Gasteiger partial charge >= 0.3 is 6.18 Å². The third-order valence-electron chi connectivity index (χ3n) is 3.16. The second kappa shape index (κ2) is 7.20. The van der Waals surface area contributed by atoms with Crippen molar-refractivity contribution in [3.05, 3.63) is 10.1 Å². The Labute approximate surface area is 122 Å². The van der Waals surface area contributed by atoms with Crippen molar-refractivity contribution in [1.29, 1.82) is 0 Å². The maximum atomic E-state index is 13.2. The van der Waals surface area contributed by atoms with Crippen LogP contribution in [0.3, 0.4) is 0 Å². The van der Waals surface area contributed by atoms with Gasteiger partial charge in [-0.05, 0) is 18.4 Å². The van der Waals surface area contributed by atoms with Crippen LogP contribution >= 0.6 is 0 Å². The molecule has 0 saturated heterocycles. The standard InChI is InChI=1S/C13H23F3N2O3/c1-8(2)6-10(19)12(5,18(20)21)11(13(14,15)16)17-7-9(3)4/h8-9,11,17H,6-7H2,1-5H3/t11-,12-/m0/s1. The van der Waals surface area contributed by atoms with E-state index in [-0.39, 0.29) is 24.8 Å². The molecule has 1 N–H and O–H groups in total. The Morgan fingerprint density at radius 1 is 1.19 bits per heavy atom. The average molecular weight is 312 g/mol. The van der Waals surface area contributed by atoms with Crippen molar-refractivity contribution >= 4 is 5.78 Å². The third kappa shape index (κ3) is 5.26. The number of ketones is 1. The highest BCUT2D eigenvalue weighted by atomic mass is 19.4. The van der Waals surface area contributed by atoms with Gasteiger partial charge in [0.05, 0.1) is 0 Å². The second-order valence-electron chi connectivity index (χ2n) is 6.20. The predicted molar refractivity (Wildman–Crippen MR) is 72.5 cm³/mol. The molecule has 0 heterocycles. The minimum absolute atomic E-state index is 0.0669. The number of rotatable bonds is 8. The van der Waals surface area contributed by atoms with Gasteiger partial charge in [-0.15, -0.1) is 0 Å². The van der Waals surface area contributed by atoms with E-state index in [9.17, 15) is 28.1 Å². The lowest BCUT2D eigenvalue weighted by Gasteiger charge is -2.32. The van der Waals surface area contributed by atoms with Crippen LogP contribution in [-0.4, -0.2) is 35.0 Å². The summed E-state index contributed by atoms with van der Waals surface area (Å²) in [5.74, 6) is -1.40. The number of carbonyl (C=O) groups excluding carboxylic acids is 1. The van der Waals surface area contributed by atoms with Crippen molar-refractivity contribution in [3.63, 3.8) is 0 Å². The maximum Gasteiger partial charge on any atom is 0.411 e. The van der Waals surface area contributed by atoms with Crippen molar-refractivity contribution in [1.82, 2.24) is 5.32 Å². The van der Waals surface area contributed by atoms with Crippen molar-refractivity contribution in [3.8, 4) is 0 Å². The summed E-state index contributed by atoms with van der Waals surface area (Å²) in [6.45, 7) is 7.30. The molecule has 0 unspecified atom stereocenters. The molecule has 0 aliphatic heterocycles. The molecule has 0 fully saturated rings. The van der Waals surface area contributed by atoms with E-state index in [0.717, 1.165) is 6.92 Å². The lowest BCUT2D eigenvalue weighted by Crippen LogP contribution is -2.65. The quantitative estimate of drug-likeness (QED) is 0.552. The minimum atomic E-state index is -4.89. The molecular formula is C13H23F3N2O3. The fraction of sp³-hybridized carbons (Fsp3) is 0.923. The Balaban J connectivity index is 5.60. The number of nitro groups is 1. The van der Waals surface area contributed by atoms with Crippen LogP contribution in [0.25, 0.3) is 0 Å². The van der Waals surface area contributed by atoms with Gasteiger partial charge in [-0.3, -0.25) is 20.2 Å². The maximum absolute atomic E-state index is 13.2. The zero-order valence-corrected chi connectivity index (χ0v) is 13.0. The number of Topliss-reactive ketones (excluding diaryl/α,β-unsaturated/α-hetero) is 1. The molecule has 0 radical (unpaired) electrons. The molecule has 0 saturated carbocycles. The van der Waals surface area contributed by atoms with E-state index in [1.54, 1.807) is 27.7 Å². The number of hydrogen-bond donors (Lipinski definition) is 1. The van der Waals surface area contributed by atoms with Crippen LogP contribution in [0.4, 0.5) is 13.2 Å². The molecule has 0 aromatic rings. The highest BCUT2D eigenvalue weighted by Gasteiger charge is 2.63. The molecule has 0 aromatic carbocycles. The molecule has 0 aliphatic rings. The van der Waals surface area contributed by atoms with Crippen LogP contribution in [0, 0.1) is 22.0 Å². The molecule has 124 valence electrons. The highest BCUT2D eigenvalue weighted by molar-refractivity contribution is 5.87. The Morgan fingerprint density at radius 3 is 1.95 bits per heavy atom. The Morgan fingerprint density at radius 2 is 1.67 bits per heavy atom. The van der Waals surface area contributed by atoms with E-state index >= 15 is 0 Å². The molecule has 0 rings (SSSR count). The second-order valence-corrected chi connectivity index (χ2v) is 6.20. The first-order valence-corrected chi connectivity index (χ1v) is 6.81. The third-order valence-corrected chi connectivity index (χ3v) is 3.16. The first-order valence-electron chi connectivity index (χ1n) is 6.81. The lowest BCUT2D eigenvalue weighted by atomic mass is 9.83. The van der Waals surface area contributed by atoms with Crippen LogP contribution in [0.2, 0.25) is 0 Å². The summed E-state index contributed by atoms with van der Waals surface area (Å²) in [5.41, 5.74) is -2.72. The van der Waals surface area contributed by atoms with Crippen molar-refractivity contribution < 1.29 is 22.9 Å². The Hall–Kier alpha value is -1.18. The molecule has 0 bridgehead atoms. The number of halogens is 3. The SMILES string of the molecule is CC(C)CN[C@H](C(F)(F)F)[C@](C)(C(=O)CC(C)C)[N+](=O)[O-]. The van der Waals surface area contributed by atoms with Gasteiger partial charge in [-0.1, -0.05) is 27.7 Å². The summed E-state index contributed by atoms with van der Waals surface area (Å²) in [5, 5.41) is 13.4. The van der Waals surface area contributed by atoms with Gasteiger partial charge in [-0.25, -0.2) is 0 Å². The zero-order chi connectivity index (χ0) is 17.0. The summed E-state index contributed by atoms with van der Waals surface area (Å²) in [7, 11) is 0. The fourth-order valence-corrected chi connectivity index (χ4v) is 1.93. The van der Waals surface area contributed by atoms with Gasteiger partial charge in [0.2, 0.25) is 5.78 Å². The number of carbonyl (C=O) groups is 1. The topological polar surface area (TPSA) is 72.2 Å². The van der Waals surface area contributed by atoms with Crippen LogP contribution in [0.1, 0.15) is 41.0 Å². The van der Waals surface area contributed by atoms with E-state index < -0.39 is 28.5 Å². The first-order chi connectivity index (χ1) is 9.33. The van der Waals surface area contributed by atoms with Crippen LogP contribution in [-0.2, 0) is 4.79 Å². The highest BCUT2D eigenvalue weighted by Crippen LogP contribution is 2.32. The van der Waals surface area contributed by atoms with Crippen molar-refractivity contribution in [2.75, 3.05) is 6.54 Å². The average Bonchev–Trinajstić information content (AvgIpc) is 2.24. The number of nitrogens with zero attached hydrogens (tertiary/aromatic N) is 1. The summed E-state index contributed by atoms with van der Waals surface area (Å²) in [4.78, 5) is 22.2. The molecular weight excluding hydrogens is 289 g/mol. The van der Waals surface area contributed by atoms with Gasteiger partial charge in [0.15, 0.2) is 6.04 Å². The van der Waals surface area contributed by atoms with Gasteiger partial charge in [-0.2, -0.15) is 13.2 Å². The normalized spacial score (nSPS) is 16.9. The van der Waals surface area contributed by atoms with Gasteiger partial charge in [0.25, 0.3) is 5.54 Å². The van der Waals surface area contributed by atoms with Gasteiger partial charge in [0, 0.05) is 18.3 Å². The molecule has 2 atom stereocenters. The first kappa shape index (κ1) is 19.8. The van der Waals surface area contributed by atoms with E-state index in [0.29, 0.717) is 0 Å². The smallest absolute Gasteiger partial charge is 0.299 e. The van der Waals surface area contributed by atoms with E-state index in [4.69, 9.17) is 0 Å². The molecule has 0 spiro atoms. The van der Waals surface area contributed by atoms with Gasteiger partial charge < -0.3 is 0 Å². The van der Waals surface area contributed by atoms with Gasteiger partial charge in [0.1, 0.15) is 0 Å². The molecule has 0 aromatic heterocycles. The van der Waals surface area contributed by atoms with E-state index in [1.807, 2.05) is 0 Å². The molecule has 21 heavy (non-hydrogen) atoms. The largest absolute Gasteiger partial charge is 0.411 e. The monoisotopic (exact) mass is 312 g/mol. The minimum Gasteiger partial charge on any atom is -0.299 e. The Bertz CT molecular complexity index is 383. The van der Waals surface area contributed by atoms with Crippen LogP contribution in [0.15, 0.2) is 0 Å². The summed E-state index contributed by atoms with van der Waals surface area (Å²) < 4.78 is 39.6. The number of hydrogen-bond acceptors (Lipinski definition) is 4. The molecule has 0 aliphatic carbocycles. The zero-order valence-electron chi connectivity index (χ0n) is 13.0. The Kier molecular flexibility index (Phi) is 6.79. The molecule has 8 heteroatoms. The molecule has 0 amide bonds.